The van der Waals surface area contributed by atoms with Crippen molar-refractivity contribution in [2.75, 3.05) is 7.11 Å². The van der Waals surface area contributed by atoms with Gasteiger partial charge >= 0.3 is 0 Å². The number of ether oxygens (including phenoxy) is 1. The molecule has 0 aliphatic carbocycles. The Balaban J connectivity index is 3.02. The molecule has 0 spiro atoms. The van der Waals surface area contributed by atoms with Crippen molar-refractivity contribution >= 4 is 17.9 Å². The van der Waals surface area contributed by atoms with E-state index in [1.54, 1.807) is 6.07 Å². The van der Waals surface area contributed by atoms with Gasteiger partial charge in [0.05, 0.1) is 7.11 Å². The van der Waals surface area contributed by atoms with E-state index in [0.717, 1.165) is 6.29 Å². The van der Waals surface area contributed by atoms with Gasteiger partial charge in [-0.3, -0.25) is 0 Å². The molecule has 76 valence electrons. The average Bonchev–Trinajstić information content (AvgIpc) is 2.18. The topological polar surface area (TPSA) is 46.5 Å². The van der Waals surface area contributed by atoms with Crippen LogP contribution in [0.2, 0.25) is 5.02 Å². The minimum absolute atomic E-state index is 0.0544. The molecule has 0 amide bonds. The van der Waals surface area contributed by atoms with E-state index in [1.165, 1.54) is 13.2 Å². The minimum Gasteiger partial charge on any atom is -0.504 e. The van der Waals surface area contributed by atoms with Crippen LogP contribution in [0.5, 0.6) is 11.5 Å². The fraction of sp³-hybridized carbons (Fsp3) is 0.300. The lowest BCUT2D eigenvalue weighted by atomic mass is 10.1. The number of hydrogen-bond donors (Lipinski definition) is 1. The van der Waals surface area contributed by atoms with Gasteiger partial charge in [0.1, 0.15) is 6.29 Å². The molecule has 14 heavy (non-hydrogen) atoms. The Hall–Kier alpha value is -1.22. The highest BCUT2D eigenvalue weighted by Crippen LogP contribution is 2.33. The quantitative estimate of drug-likeness (QED) is 0.782. The Kier molecular flexibility index (Phi) is 3.77. The predicted molar refractivity (Wildman–Crippen MR) is 54.1 cm³/mol. The summed E-state index contributed by atoms with van der Waals surface area (Å²) in [5.41, 5.74) is 0.626. The van der Waals surface area contributed by atoms with E-state index in [2.05, 4.69) is 0 Å². The average molecular weight is 215 g/mol. The maximum absolute atomic E-state index is 10.2. The number of aryl methyl sites for hydroxylation is 1. The van der Waals surface area contributed by atoms with Gasteiger partial charge in [-0.15, -0.1) is 0 Å². The van der Waals surface area contributed by atoms with Gasteiger partial charge < -0.3 is 14.6 Å². The number of benzene rings is 1. The zero-order valence-electron chi connectivity index (χ0n) is 7.79. The van der Waals surface area contributed by atoms with E-state index >= 15 is 0 Å². The number of hydrogen-bond acceptors (Lipinski definition) is 3. The summed E-state index contributed by atoms with van der Waals surface area (Å²) in [5.74, 6) is 0.386. The second-order valence-electron chi connectivity index (χ2n) is 2.82. The Bertz CT molecular complexity index is 336. The highest BCUT2D eigenvalue weighted by molar-refractivity contribution is 6.30. The summed E-state index contributed by atoms with van der Waals surface area (Å²) in [5, 5.41) is 10.1. The monoisotopic (exact) mass is 214 g/mol. The first kappa shape index (κ1) is 10.9. The molecule has 1 aromatic rings. The van der Waals surface area contributed by atoms with Gasteiger partial charge in [-0.25, -0.2) is 0 Å². The van der Waals surface area contributed by atoms with Crippen LogP contribution in [0.15, 0.2) is 12.1 Å². The maximum atomic E-state index is 10.2. The molecular weight excluding hydrogens is 204 g/mol. The van der Waals surface area contributed by atoms with E-state index < -0.39 is 0 Å². The molecule has 4 heteroatoms. The van der Waals surface area contributed by atoms with E-state index in [-0.39, 0.29) is 5.75 Å². The summed E-state index contributed by atoms with van der Waals surface area (Å²) in [4.78, 5) is 10.2. The zero-order chi connectivity index (χ0) is 10.6. The van der Waals surface area contributed by atoms with Crippen molar-refractivity contribution in [2.45, 2.75) is 12.8 Å². The van der Waals surface area contributed by atoms with Crippen LogP contribution in [0.4, 0.5) is 0 Å². The number of rotatable bonds is 4. The molecule has 0 aromatic heterocycles. The molecular formula is C10H11ClO3. The Labute approximate surface area is 87.3 Å². The van der Waals surface area contributed by atoms with E-state index in [1.807, 2.05) is 0 Å². The van der Waals surface area contributed by atoms with Gasteiger partial charge in [-0.05, 0) is 18.1 Å². The van der Waals surface area contributed by atoms with Crippen LogP contribution in [0.3, 0.4) is 0 Å². The number of halogens is 1. The molecule has 0 fully saturated rings. The van der Waals surface area contributed by atoms with Gasteiger partial charge in [-0.1, -0.05) is 11.6 Å². The van der Waals surface area contributed by atoms with Gasteiger partial charge in [0.25, 0.3) is 0 Å². The summed E-state index contributed by atoms with van der Waals surface area (Å²) in [6.07, 6.45) is 1.62. The van der Waals surface area contributed by atoms with E-state index in [0.29, 0.717) is 29.2 Å². The van der Waals surface area contributed by atoms with Crippen LogP contribution >= 0.6 is 11.6 Å². The third-order valence-corrected chi connectivity index (χ3v) is 2.09. The smallest absolute Gasteiger partial charge is 0.162 e. The first-order chi connectivity index (χ1) is 6.69. The molecule has 0 saturated heterocycles. The van der Waals surface area contributed by atoms with Crippen molar-refractivity contribution in [3.63, 3.8) is 0 Å². The van der Waals surface area contributed by atoms with E-state index in [4.69, 9.17) is 16.3 Å². The zero-order valence-corrected chi connectivity index (χ0v) is 8.54. The number of carbonyl (C=O) groups excluding carboxylic acids is 1. The van der Waals surface area contributed by atoms with Crippen molar-refractivity contribution < 1.29 is 14.6 Å². The van der Waals surface area contributed by atoms with Crippen LogP contribution < -0.4 is 4.74 Å². The Morgan fingerprint density at radius 2 is 2.29 bits per heavy atom. The molecule has 3 nitrogen and oxygen atoms in total. The van der Waals surface area contributed by atoms with Crippen molar-refractivity contribution in [3.8, 4) is 11.5 Å². The fourth-order valence-electron chi connectivity index (χ4n) is 1.19. The number of methoxy groups -OCH3 is 1. The molecule has 0 saturated carbocycles. The molecule has 0 bridgehead atoms. The summed E-state index contributed by atoms with van der Waals surface area (Å²) in [7, 11) is 1.45. The maximum Gasteiger partial charge on any atom is 0.162 e. The molecule has 1 N–H and O–H groups in total. The minimum atomic E-state index is 0.0544. The second-order valence-corrected chi connectivity index (χ2v) is 3.26. The lowest BCUT2D eigenvalue weighted by Crippen LogP contribution is -1.91. The van der Waals surface area contributed by atoms with Gasteiger partial charge in [-0.2, -0.15) is 0 Å². The summed E-state index contributed by atoms with van der Waals surface area (Å²) < 4.78 is 4.92. The van der Waals surface area contributed by atoms with Crippen LogP contribution in [-0.4, -0.2) is 18.5 Å². The predicted octanol–water partition coefficient (Wildman–Crippen LogP) is 2.19. The van der Waals surface area contributed by atoms with Crippen LogP contribution in [0.1, 0.15) is 12.0 Å². The number of aromatic hydroxyl groups is 1. The van der Waals surface area contributed by atoms with Crippen molar-refractivity contribution in [3.05, 3.63) is 22.7 Å². The highest BCUT2D eigenvalue weighted by atomic mass is 35.5. The van der Waals surface area contributed by atoms with Crippen LogP contribution in [0, 0.1) is 0 Å². The van der Waals surface area contributed by atoms with Crippen molar-refractivity contribution in [2.24, 2.45) is 0 Å². The SMILES string of the molecule is COc1cc(Cl)cc(CCC=O)c1O. The summed E-state index contributed by atoms with van der Waals surface area (Å²) >= 11 is 5.80. The Morgan fingerprint density at radius 1 is 1.57 bits per heavy atom. The van der Waals surface area contributed by atoms with Gasteiger partial charge in [0.2, 0.25) is 0 Å². The molecule has 0 radical (unpaired) electrons. The van der Waals surface area contributed by atoms with Crippen LogP contribution in [-0.2, 0) is 11.2 Å². The normalized spacial score (nSPS) is 9.86. The molecule has 0 aliphatic heterocycles. The number of phenols is 1. The van der Waals surface area contributed by atoms with Crippen molar-refractivity contribution in [1.82, 2.24) is 0 Å². The summed E-state index contributed by atoms with van der Waals surface area (Å²) in [6, 6.07) is 3.16. The summed E-state index contributed by atoms with van der Waals surface area (Å²) in [6.45, 7) is 0. The molecule has 0 aliphatic rings. The molecule has 1 aromatic carbocycles. The van der Waals surface area contributed by atoms with Crippen molar-refractivity contribution in [1.29, 1.82) is 0 Å². The molecule has 0 unspecified atom stereocenters. The van der Waals surface area contributed by atoms with Gasteiger partial charge in [0, 0.05) is 17.5 Å². The number of aldehydes is 1. The first-order valence-corrected chi connectivity index (χ1v) is 4.56. The number of carbonyl (C=O) groups is 1. The molecule has 1 rings (SSSR count). The highest BCUT2D eigenvalue weighted by Gasteiger charge is 2.09. The number of phenolic OH excluding ortho intramolecular Hbond substituents is 1. The molecule has 0 atom stereocenters. The Morgan fingerprint density at radius 3 is 2.86 bits per heavy atom. The third kappa shape index (κ3) is 2.39. The largest absolute Gasteiger partial charge is 0.504 e. The van der Waals surface area contributed by atoms with E-state index in [9.17, 15) is 9.90 Å². The van der Waals surface area contributed by atoms with Crippen LogP contribution in [0.25, 0.3) is 0 Å². The fourth-order valence-corrected chi connectivity index (χ4v) is 1.42. The van der Waals surface area contributed by atoms with Gasteiger partial charge in [0.15, 0.2) is 11.5 Å². The second kappa shape index (κ2) is 4.86. The standard InChI is InChI=1S/C10H11ClO3/c1-14-9-6-8(11)5-7(10(9)13)3-2-4-12/h4-6,13H,2-3H2,1H3. The lowest BCUT2D eigenvalue weighted by molar-refractivity contribution is -0.107. The lowest BCUT2D eigenvalue weighted by Gasteiger charge is -2.08. The molecule has 0 heterocycles. The third-order valence-electron chi connectivity index (χ3n) is 1.87. The first-order valence-electron chi connectivity index (χ1n) is 4.18.